The molecular formula is C13H18ClNO2. The van der Waals surface area contributed by atoms with Gasteiger partial charge in [-0.3, -0.25) is 0 Å². The molecule has 0 aromatic heterocycles. The fourth-order valence-electron chi connectivity index (χ4n) is 2.22. The van der Waals surface area contributed by atoms with Crippen molar-refractivity contribution in [2.75, 3.05) is 13.7 Å². The van der Waals surface area contributed by atoms with Gasteiger partial charge in [0.25, 0.3) is 0 Å². The summed E-state index contributed by atoms with van der Waals surface area (Å²) >= 11 is 5.96. The monoisotopic (exact) mass is 255 g/mol. The molecule has 2 rings (SSSR count). The first kappa shape index (κ1) is 12.7. The van der Waals surface area contributed by atoms with Gasteiger partial charge in [0, 0.05) is 36.1 Å². The minimum absolute atomic E-state index is 0.0123. The van der Waals surface area contributed by atoms with Crippen molar-refractivity contribution in [3.05, 3.63) is 28.8 Å². The van der Waals surface area contributed by atoms with Crippen molar-refractivity contribution in [1.29, 1.82) is 0 Å². The Morgan fingerprint density at radius 1 is 1.59 bits per heavy atom. The molecule has 1 aromatic carbocycles. The van der Waals surface area contributed by atoms with Crippen LogP contribution in [0.2, 0.25) is 5.02 Å². The predicted molar refractivity (Wildman–Crippen MR) is 68.5 cm³/mol. The fourth-order valence-corrected chi connectivity index (χ4v) is 2.40. The van der Waals surface area contributed by atoms with Gasteiger partial charge in [-0.05, 0) is 18.2 Å². The van der Waals surface area contributed by atoms with Crippen LogP contribution in [-0.2, 0) is 4.74 Å². The normalized spacial score (nSPS) is 24.9. The zero-order valence-corrected chi connectivity index (χ0v) is 10.9. The van der Waals surface area contributed by atoms with Gasteiger partial charge in [0.2, 0.25) is 0 Å². The first-order valence-corrected chi connectivity index (χ1v) is 6.20. The van der Waals surface area contributed by atoms with Crippen molar-refractivity contribution in [2.45, 2.75) is 25.5 Å². The third-order valence-electron chi connectivity index (χ3n) is 3.20. The van der Waals surface area contributed by atoms with E-state index in [9.17, 15) is 0 Å². The van der Waals surface area contributed by atoms with Gasteiger partial charge in [0.05, 0.1) is 6.61 Å². The summed E-state index contributed by atoms with van der Waals surface area (Å²) in [6.07, 6.45) is 0.913. The van der Waals surface area contributed by atoms with E-state index in [0.29, 0.717) is 17.5 Å². The van der Waals surface area contributed by atoms with Gasteiger partial charge >= 0.3 is 0 Å². The predicted octanol–water partition coefficient (Wildman–Crippen LogP) is 2.77. The van der Waals surface area contributed by atoms with Gasteiger partial charge in [-0.25, -0.2) is 0 Å². The molecule has 0 bridgehead atoms. The maximum absolute atomic E-state index is 6.16. The SMILES string of the molecule is COCC(C)C1C[C@@H](N)c2cc(Cl)ccc2O1. The largest absolute Gasteiger partial charge is 0.490 e. The van der Waals surface area contributed by atoms with E-state index in [1.54, 1.807) is 7.11 Å². The fraction of sp³-hybridized carbons (Fsp3) is 0.538. The molecule has 2 unspecified atom stereocenters. The minimum Gasteiger partial charge on any atom is -0.490 e. The van der Waals surface area contributed by atoms with E-state index in [0.717, 1.165) is 17.7 Å². The highest BCUT2D eigenvalue weighted by atomic mass is 35.5. The van der Waals surface area contributed by atoms with Crippen LogP contribution >= 0.6 is 11.6 Å². The number of halogens is 1. The number of methoxy groups -OCH3 is 1. The molecule has 0 radical (unpaired) electrons. The van der Waals surface area contributed by atoms with Crippen LogP contribution in [-0.4, -0.2) is 19.8 Å². The Morgan fingerprint density at radius 3 is 3.06 bits per heavy atom. The molecule has 3 nitrogen and oxygen atoms in total. The molecule has 0 aliphatic carbocycles. The molecule has 1 aromatic rings. The van der Waals surface area contributed by atoms with Crippen LogP contribution in [0.15, 0.2) is 18.2 Å². The van der Waals surface area contributed by atoms with Gasteiger partial charge in [-0.1, -0.05) is 18.5 Å². The van der Waals surface area contributed by atoms with Crippen LogP contribution in [0, 0.1) is 5.92 Å². The lowest BCUT2D eigenvalue weighted by atomic mass is 9.91. The van der Waals surface area contributed by atoms with Gasteiger partial charge < -0.3 is 15.2 Å². The van der Waals surface area contributed by atoms with Gasteiger partial charge in [-0.2, -0.15) is 0 Å². The highest BCUT2D eigenvalue weighted by Crippen LogP contribution is 2.37. The van der Waals surface area contributed by atoms with E-state index in [-0.39, 0.29) is 12.1 Å². The number of hydrogen-bond donors (Lipinski definition) is 1. The van der Waals surface area contributed by atoms with Crippen molar-refractivity contribution >= 4 is 11.6 Å². The lowest BCUT2D eigenvalue weighted by Gasteiger charge is -2.33. The highest BCUT2D eigenvalue weighted by Gasteiger charge is 2.29. The molecular weight excluding hydrogens is 238 g/mol. The maximum atomic E-state index is 6.16. The van der Waals surface area contributed by atoms with Gasteiger partial charge in [-0.15, -0.1) is 0 Å². The van der Waals surface area contributed by atoms with E-state index in [1.807, 2.05) is 18.2 Å². The molecule has 1 aliphatic rings. The van der Waals surface area contributed by atoms with Crippen LogP contribution in [0.25, 0.3) is 0 Å². The van der Waals surface area contributed by atoms with Crippen LogP contribution in [0.3, 0.4) is 0 Å². The van der Waals surface area contributed by atoms with Crippen molar-refractivity contribution in [3.8, 4) is 5.75 Å². The molecule has 0 spiro atoms. The Morgan fingerprint density at radius 2 is 2.35 bits per heavy atom. The Bertz CT molecular complexity index is 397. The van der Waals surface area contributed by atoms with Crippen LogP contribution < -0.4 is 10.5 Å². The van der Waals surface area contributed by atoms with Gasteiger partial charge in [0.15, 0.2) is 0 Å². The highest BCUT2D eigenvalue weighted by molar-refractivity contribution is 6.30. The number of benzene rings is 1. The molecule has 1 heterocycles. The van der Waals surface area contributed by atoms with Gasteiger partial charge in [0.1, 0.15) is 11.9 Å². The molecule has 2 N–H and O–H groups in total. The number of hydrogen-bond acceptors (Lipinski definition) is 3. The van der Waals surface area contributed by atoms with Crippen molar-refractivity contribution < 1.29 is 9.47 Å². The maximum Gasteiger partial charge on any atom is 0.124 e. The summed E-state index contributed by atoms with van der Waals surface area (Å²) < 4.78 is 11.1. The van der Waals surface area contributed by atoms with Crippen molar-refractivity contribution in [1.82, 2.24) is 0 Å². The second-order valence-electron chi connectivity index (χ2n) is 4.61. The number of fused-ring (bicyclic) bond motifs is 1. The summed E-state index contributed by atoms with van der Waals surface area (Å²) in [4.78, 5) is 0. The average Bonchev–Trinajstić information content (AvgIpc) is 2.30. The van der Waals surface area contributed by atoms with E-state index < -0.39 is 0 Å². The van der Waals surface area contributed by atoms with Crippen LogP contribution in [0.5, 0.6) is 5.75 Å². The summed E-state index contributed by atoms with van der Waals surface area (Å²) in [5.74, 6) is 1.18. The topological polar surface area (TPSA) is 44.5 Å². The van der Waals surface area contributed by atoms with E-state index >= 15 is 0 Å². The Balaban J connectivity index is 2.18. The summed E-state index contributed by atoms with van der Waals surface area (Å²) in [6.45, 7) is 2.79. The van der Waals surface area contributed by atoms with E-state index in [4.69, 9.17) is 26.8 Å². The average molecular weight is 256 g/mol. The van der Waals surface area contributed by atoms with E-state index in [2.05, 4.69) is 6.92 Å². The quantitative estimate of drug-likeness (QED) is 0.903. The zero-order valence-electron chi connectivity index (χ0n) is 10.2. The summed E-state index contributed by atoms with van der Waals surface area (Å²) in [7, 11) is 1.70. The molecule has 17 heavy (non-hydrogen) atoms. The molecule has 0 saturated heterocycles. The van der Waals surface area contributed by atoms with Crippen molar-refractivity contribution in [2.24, 2.45) is 11.7 Å². The second kappa shape index (κ2) is 5.25. The Hall–Kier alpha value is -0.770. The smallest absolute Gasteiger partial charge is 0.124 e. The molecule has 0 amide bonds. The third-order valence-corrected chi connectivity index (χ3v) is 3.44. The second-order valence-corrected chi connectivity index (χ2v) is 5.05. The summed E-state index contributed by atoms with van der Waals surface area (Å²) in [6, 6.07) is 5.60. The lowest BCUT2D eigenvalue weighted by Crippen LogP contribution is -2.35. The Kier molecular flexibility index (Phi) is 3.92. The molecule has 4 heteroatoms. The third kappa shape index (κ3) is 2.73. The first-order valence-electron chi connectivity index (χ1n) is 5.82. The number of rotatable bonds is 3. The van der Waals surface area contributed by atoms with Crippen molar-refractivity contribution in [3.63, 3.8) is 0 Å². The number of ether oxygens (including phenoxy) is 2. The number of nitrogens with two attached hydrogens (primary N) is 1. The molecule has 3 atom stereocenters. The first-order chi connectivity index (χ1) is 8.11. The lowest BCUT2D eigenvalue weighted by molar-refractivity contribution is 0.0538. The zero-order chi connectivity index (χ0) is 12.4. The van der Waals surface area contributed by atoms with E-state index in [1.165, 1.54) is 0 Å². The summed E-state index contributed by atoms with van der Waals surface area (Å²) in [5, 5.41) is 0.700. The molecule has 0 fully saturated rings. The summed E-state index contributed by atoms with van der Waals surface area (Å²) in [5.41, 5.74) is 7.16. The molecule has 94 valence electrons. The molecule has 1 aliphatic heterocycles. The standard InChI is InChI=1S/C13H18ClNO2/c1-8(7-16-2)13-6-11(15)10-5-9(14)3-4-12(10)17-13/h3-5,8,11,13H,6-7,15H2,1-2H3/t8?,11-,13?/m1/s1. The van der Waals surface area contributed by atoms with Crippen LogP contribution in [0.1, 0.15) is 24.9 Å². The Labute approximate surface area is 107 Å². The van der Waals surface area contributed by atoms with Crippen LogP contribution in [0.4, 0.5) is 0 Å². The minimum atomic E-state index is -0.0123. The molecule has 0 saturated carbocycles.